The number of nitrogens with zero attached hydrogens (tertiary/aromatic N) is 1. The summed E-state index contributed by atoms with van der Waals surface area (Å²) >= 11 is 5.86. The third-order valence-corrected chi connectivity index (χ3v) is 2.76. The first-order chi connectivity index (χ1) is 8.29. The maximum Gasteiger partial charge on any atom is 0.0406 e. The van der Waals surface area contributed by atoms with Crippen molar-refractivity contribution >= 4 is 17.8 Å². The molecule has 0 aliphatic heterocycles. The lowest BCUT2D eigenvalue weighted by Crippen LogP contribution is -1.83. The van der Waals surface area contributed by atoms with Crippen LogP contribution in [-0.2, 0) is 0 Å². The van der Waals surface area contributed by atoms with E-state index in [0.29, 0.717) is 0 Å². The number of hydrogen-bond acceptors (Lipinski definition) is 1. The van der Waals surface area contributed by atoms with Gasteiger partial charge < -0.3 is 0 Å². The van der Waals surface area contributed by atoms with E-state index >= 15 is 0 Å². The molecule has 0 saturated heterocycles. The lowest BCUT2D eigenvalue weighted by molar-refractivity contribution is 1.14. The van der Waals surface area contributed by atoms with Crippen LogP contribution in [0, 0.1) is 0 Å². The SMILES string of the molecule is CCN=Cc1ccc(-c2ccc(Cl)cc2)cc1. The highest BCUT2D eigenvalue weighted by Gasteiger charge is 1.97. The summed E-state index contributed by atoms with van der Waals surface area (Å²) in [6, 6.07) is 16.2. The van der Waals surface area contributed by atoms with E-state index in [1.807, 2.05) is 37.4 Å². The quantitative estimate of drug-likeness (QED) is 0.707. The summed E-state index contributed by atoms with van der Waals surface area (Å²) < 4.78 is 0. The molecule has 2 heteroatoms. The zero-order valence-electron chi connectivity index (χ0n) is 9.73. The molecule has 0 aromatic heterocycles. The molecule has 0 N–H and O–H groups in total. The number of benzene rings is 2. The first-order valence-corrected chi connectivity index (χ1v) is 6.03. The highest BCUT2D eigenvalue weighted by atomic mass is 35.5. The van der Waals surface area contributed by atoms with E-state index in [2.05, 4.69) is 29.3 Å². The van der Waals surface area contributed by atoms with E-state index in [4.69, 9.17) is 11.6 Å². The third kappa shape index (κ3) is 3.18. The van der Waals surface area contributed by atoms with Gasteiger partial charge in [-0.1, -0.05) is 48.0 Å². The normalized spacial score (nSPS) is 10.9. The van der Waals surface area contributed by atoms with Gasteiger partial charge in [0.1, 0.15) is 0 Å². The van der Waals surface area contributed by atoms with Crippen LogP contribution in [0.3, 0.4) is 0 Å². The van der Waals surface area contributed by atoms with Crippen molar-refractivity contribution in [3.8, 4) is 11.1 Å². The number of rotatable bonds is 3. The highest BCUT2D eigenvalue weighted by molar-refractivity contribution is 6.30. The van der Waals surface area contributed by atoms with Crippen LogP contribution in [0.2, 0.25) is 5.02 Å². The Morgan fingerprint density at radius 2 is 1.47 bits per heavy atom. The smallest absolute Gasteiger partial charge is 0.0406 e. The zero-order chi connectivity index (χ0) is 12.1. The molecule has 2 aromatic carbocycles. The Morgan fingerprint density at radius 1 is 0.941 bits per heavy atom. The Kier molecular flexibility index (Phi) is 3.94. The third-order valence-electron chi connectivity index (χ3n) is 2.51. The molecule has 0 spiro atoms. The average Bonchev–Trinajstić information content (AvgIpc) is 2.38. The van der Waals surface area contributed by atoms with Crippen molar-refractivity contribution < 1.29 is 0 Å². The van der Waals surface area contributed by atoms with Gasteiger partial charge in [-0.05, 0) is 35.7 Å². The Hall–Kier alpha value is -1.60. The van der Waals surface area contributed by atoms with E-state index in [1.54, 1.807) is 0 Å². The molecule has 86 valence electrons. The van der Waals surface area contributed by atoms with Crippen molar-refractivity contribution in [3.05, 3.63) is 59.1 Å². The lowest BCUT2D eigenvalue weighted by Gasteiger charge is -2.02. The Balaban J connectivity index is 2.23. The maximum atomic E-state index is 5.86. The van der Waals surface area contributed by atoms with Gasteiger partial charge in [0.25, 0.3) is 0 Å². The molecule has 0 aliphatic rings. The molecule has 0 saturated carbocycles. The van der Waals surface area contributed by atoms with Crippen LogP contribution in [0.25, 0.3) is 11.1 Å². The van der Waals surface area contributed by atoms with E-state index < -0.39 is 0 Å². The summed E-state index contributed by atoms with van der Waals surface area (Å²) in [5.74, 6) is 0. The summed E-state index contributed by atoms with van der Waals surface area (Å²) in [7, 11) is 0. The van der Waals surface area contributed by atoms with Gasteiger partial charge in [-0.3, -0.25) is 4.99 Å². The molecule has 0 unspecified atom stereocenters. The van der Waals surface area contributed by atoms with Crippen molar-refractivity contribution in [3.63, 3.8) is 0 Å². The van der Waals surface area contributed by atoms with Crippen LogP contribution >= 0.6 is 11.6 Å². The molecule has 0 aliphatic carbocycles. The topological polar surface area (TPSA) is 12.4 Å². The fourth-order valence-electron chi connectivity index (χ4n) is 1.60. The van der Waals surface area contributed by atoms with Crippen molar-refractivity contribution in [2.45, 2.75) is 6.92 Å². The largest absolute Gasteiger partial charge is 0.293 e. The second kappa shape index (κ2) is 5.65. The lowest BCUT2D eigenvalue weighted by atomic mass is 10.0. The van der Waals surface area contributed by atoms with Gasteiger partial charge in [-0.2, -0.15) is 0 Å². The van der Waals surface area contributed by atoms with Crippen molar-refractivity contribution in [1.82, 2.24) is 0 Å². The molecule has 0 bridgehead atoms. The first-order valence-electron chi connectivity index (χ1n) is 5.65. The molecular weight excluding hydrogens is 230 g/mol. The zero-order valence-corrected chi connectivity index (χ0v) is 10.5. The van der Waals surface area contributed by atoms with Gasteiger partial charge in [0.15, 0.2) is 0 Å². The van der Waals surface area contributed by atoms with Crippen molar-refractivity contribution in [2.24, 2.45) is 4.99 Å². The molecule has 2 aromatic rings. The Labute approximate surface area is 107 Å². The first kappa shape index (κ1) is 11.9. The van der Waals surface area contributed by atoms with Crippen molar-refractivity contribution in [1.29, 1.82) is 0 Å². The highest BCUT2D eigenvalue weighted by Crippen LogP contribution is 2.21. The molecule has 1 nitrogen and oxygen atoms in total. The number of hydrogen-bond donors (Lipinski definition) is 0. The molecule has 0 amide bonds. The van der Waals surface area contributed by atoms with Gasteiger partial charge in [-0.15, -0.1) is 0 Å². The molecule has 2 rings (SSSR count). The fourth-order valence-corrected chi connectivity index (χ4v) is 1.73. The predicted octanol–water partition coefficient (Wildman–Crippen LogP) is 4.45. The molecular formula is C15H14ClN. The van der Waals surface area contributed by atoms with Crippen LogP contribution < -0.4 is 0 Å². The van der Waals surface area contributed by atoms with E-state index in [-0.39, 0.29) is 0 Å². The summed E-state index contributed by atoms with van der Waals surface area (Å²) in [6.07, 6.45) is 1.89. The van der Waals surface area contributed by atoms with E-state index in [9.17, 15) is 0 Å². The monoisotopic (exact) mass is 243 g/mol. The minimum Gasteiger partial charge on any atom is -0.293 e. The maximum absolute atomic E-state index is 5.86. The van der Waals surface area contributed by atoms with Crippen LogP contribution in [0.4, 0.5) is 0 Å². The Bertz CT molecular complexity index is 497. The van der Waals surface area contributed by atoms with Gasteiger partial charge >= 0.3 is 0 Å². The average molecular weight is 244 g/mol. The molecule has 0 radical (unpaired) electrons. The number of halogens is 1. The summed E-state index contributed by atoms with van der Waals surface area (Å²) in [4.78, 5) is 4.21. The van der Waals surface area contributed by atoms with Crippen LogP contribution in [0.5, 0.6) is 0 Å². The summed E-state index contributed by atoms with van der Waals surface area (Å²) in [5.41, 5.74) is 3.49. The minimum absolute atomic E-state index is 0.764. The Morgan fingerprint density at radius 3 is 2.00 bits per heavy atom. The van der Waals surface area contributed by atoms with Gasteiger partial charge in [-0.25, -0.2) is 0 Å². The second-order valence-corrected chi connectivity index (χ2v) is 4.19. The van der Waals surface area contributed by atoms with E-state index in [1.165, 1.54) is 11.1 Å². The standard InChI is InChI=1S/C15H14ClN/c1-2-17-11-12-3-5-13(6-4-12)14-7-9-15(16)10-8-14/h3-11H,2H2,1H3. The summed E-state index contributed by atoms with van der Waals surface area (Å²) in [5, 5.41) is 0.764. The van der Waals surface area contributed by atoms with Gasteiger partial charge in [0, 0.05) is 17.8 Å². The second-order valence-electron chi connectivity index (χ2n) is 3.76. The number of aliphatic imine (C=N–C) groups is 1. The summed E-state index contributed by atoms with van der Waals surface area (Å²) in [6.45, 7) is 2.84. The van der Waals surface area contributed by atoms with Gasteiger partial charge in [0.05, 0.1) is 0 Å². The molecule has 0 fully saturated rings. The van der Waals surface area contributed by atoms with Crippen molar-refractivity contribution in [2.75, 3.05) is 6.54 Å². The van der Waals surface area contributed by atoms with E-state index in [0.717, 1.165) is 17.1 Å². The fraction of sp³-hybridized carbons (Fsp3) is 0.133. The van der Waals surface area contributed by atoms with Gasteiger partial charge in [0.2, 0.25) is 0 Å². The minimum atomic E-state index is 0.764. The molecule has 0 atom stereocenters. The molecule has 17 heavy (non-hydrogen) atoms. The van der Waals surface area contributed by atoms with Crippen LogP contribution in [-0.4, -0.2) is 12.8 Å². The predicted molar refractivity (Wildman–Crippen MR) is 75.0 cm³/mol. The molecule has 0 heterocycles. The van der Waals surface area contributed by atoms with Crippen LogP contribution in [0.15, 0.2) is 53.5 Å². The van der Waals surface area contributed by atoms with Crippen LogP contribution in [0.1, 0.15) is 12.5 Å².